The first-order valence-electron chi connectivity index (χ1n) is 12.0. The van der Waals surface area contributed by atoms with Gasteiger partial charge in [-0.15, -0.1) is 13.2 Å². The SMILES string of the molecule is C=CC[C@H](CC(=O)NC1(CO)CCCC1)C(=O)NCCOC(=O)[C@@H](CC=C)Cc1ccccc1. The zero-order chi connectivity index (χ0) is 24.8. The molecule has 2 amide bonds. The zero-order valence-corrected chi connectivity index (χ0v) is 20.0. The number of benzene rings is 1. The number of aliphatic hydroxyl groups excluding tert-OH is 1. The normalized spacial score (nSPS) is 16.1. The van der Waals surface area contributed by atoms with E-state index in [1.807, 2.05) is 30.3 Å². The Kier molecular flexibility index (Phi) is 11.5. The Morgan fingerprint density at radius 3 is 2.32 bits per heavy atom. The van der Waals surface area contributed by atoms with E-state index in [0.29, 0.717) is 19.3 Å². The highest BCUT2D eigenvalue weighted by Crippen LogP contribution is 2.29. The summed E-state index contributed by atoms with van der Waals surface area (Å²) in [5.74, 6) is -1.77. The molecule has 1 saturated carbocycles. The van der Waals surface area contributed by atoms with E-state index in [-0.39, 0.29) is 49.9 Å². The Bertz CT molecular complexity index is 818. The summed E-state index contributed by atoms with van der Waals surface area (Å²) in [5.41, 5.74) is 0.480. The summed E-state index contributed by atoms with van der Waals surface area (Å²) in [5, 5.41) is 15.4. The van der Waals surface area contributed by atoms with E-state index in [2.05, 4.69) is 23.8 Å². The molecule has 7 heteroatoms. The summed E-state index contributed by atoms with van der Waals surface area (Å²) in [4.78, 5) is 37.7. The smallest absolute Gasteiger partial charge is 0.309 e. The second kappa shape index (κ2) is 14.4. The number of aliphatic hydroxyl groups is 1. The van der Waals surface area contributed by atoms with Crippen molar-refractivity contribution < 1.29 is 24.2 Å². The number of carbonyl (C=O) groups is 3. The number of hydrogen-bond acceptors (Lipinski definition) is 5. The summed E-state index contributed by atoms with van der Waals surface area (Å²) in [7, 11) is 0. The number of carbonyl (C=O) groups excluding carboxylic acids is 3. The maximum atomic E-state index is 12.6. The summed E-state index contributed by atoms with van der Waals surface area (Å²) >= 11 is 0. The minimum Gasteiger partial charge on any atom is -0.464 e. The van der Waals surface area contributed by atoms with Crippen LogP contribution in [0.4, 0.5) is 0 Å². The molecule has 7 nitrogen and oxygen atoms in total. The van der Waals surface area contributed by atoms with Gasteiger partial charge in [0.05, 0.1) is 30.5 Å². The van der Waals surface area contributed by atoms with Crippen LogP contribution >= 0.6 is 0 Å². The number of rotatable bonds is 15. The number of nitrogens with one attached hydrogen (secondary N) is 2. The Hall–Kier alpha value is -2.93. The number of ether oxygens (including phenoxy) is 1. The van der Waals surface area contributed by atoms with E-state index in [9.17, 15) is 19.5 Å². The van der Waals surface area contributed by atoms with Gasteiger partial charge >= 0.3 is 5.97 Å². The van der Waals surface area contributed by atoms with Gasteiger partial charge in [-0.05, 0) is 37.7 Å². The molecule has 0 aliphatic heterocycles. The molecule has 1 fully saturated rings. The molecule has 1 aliphatic carbocycles. The van der Waals surface area contributed by atoms with Crippen LogP contribution in [0.15, 0.2) is 55.6 Å². The van der Waals surface area contributed by atoms with Crippen LogP contribution < -0.4 is 10.6 Å². The van der Waals surface area contributed by atoms with Crippen molar-refractivity contribution in [2.75, 3.05) is 19.8 Å². The van der Waals surface area contributed by atoms with Crippen molar-refractivity contribution in [3.8, 4) is 0 Å². The van der Waals surface area contributed by atoms with E-state index in [1.165, 1.54) is 0 Å². The fourth-order valence-electron chi connectivity index (χ4n) is 4.38. The second-order valence-electron chi connectivity index (χ2n) is 8.99. The molecule has 186 valence electrons. The quantitative estimate of drug-likeness (QED) is 0.208. The Balaban J connectivity index is 1.79. The topological polar surface area (TPSA) is 105 Å². The standard InChI is InChI=1S/C27H38N2O5/c1-3-10-22(19-24(31)29-27(20-30)14-8-9-15-27)25(32)28-16-17-34-26(33)23(11-4-2)18-21-12-6-5-7-13-21/h3-7,12-13,22-23,30H,1-2,8-11,14-20H2,(H,28,32)(H,29,31)/t22-,23+/m1/s1. The van der Waals surface area contributed by atoms with Gasteiger partial charge in [-0.2, -0.15) is 0 Å². The van der Waals surface area contributed by atoms with Crippen molar-refractivity contribution in [3.05, 3.63) is 61.2 Å². The van der Waals surface area contributed by atoms with Crippen LogP contribution in [0.1, 0.15) is 50.5 Å². The molecule has 0 heterocycles. The summed E-state index contributed by atoms with van der Waals surface area (Å²) in [6.07, 6.45) is 8.17. The molecule has 3 N–H and O–H groups in total. The average molecular weight is 471 g/mol. The third-order valence-electron chi connectivity index (χ3n) is 6.28. The number of hydrogen-bond donors (Lipinski definition) is 3. The highest BCUT2D eigenvalue weighted by Gasteiger charge is 2.35. The van der Waals surface area contributed by atoms with Crippen molar-refractivity contribution in [1.29, 1.82) is 0 Å². The van der Waals surface area contributed by atoms with Crippen molar-refractivity contribution in [3.63, 3.8) is 0 Å². The first-order chi connectivity index (χ1) is 16.4. The first-order valence-corrected chi connectivity index (χ1v) is 12.0. The van der Waals surface area contributed by atoms with Gasteiger partial charge in [0.1, 0.15) is 6.61 Å². The van der Waals surface area contributed by atoms with Gasteiger partial charge in [0.25, 0.3) is 0 Å². The lowest BCUT2D eigenvalue weighted by Gasteiger charge is -2.28. The maximum Gasteiger partial charge on any atom is 0.309 e. The fraction of sp³-hybridized carbons (Fsp3) is 0.519. The highest BCUT2D eigenvalue weighted by atomic mass is 16.5. The van der Waals surface area contributed by atoms with E-state index in [0.717, 1.165) is 31.2 Å². The Morgan fingerprint density at radius 1 is 1.06 bits per heavy atom. The fourth-order valence-corrected chi connectivity index (χ4v) is 4.38. The number of allylic oxidation sites excluding steroid dienone is 2. The molecule has 34 heavy (non-hydrogen) atoms. The van der Waals surface area contributed by atoms with Crippen molar-refractivity contribution in [1.82, 2.24) is 10.6 Å². The molecule has 1 aromatic carbocycles. The summed E-state index contributed by atoms with van der Waals surface area (Å²) in [6.45, 7) is 7.52. The van der Waals surface area contributed by atoms with Crippen LogP contribution in [0.25, 0.3) is 0 Å². The van der Waals surface area contributed by atoms with E-state index in [1.54, 1.807) is 12.2 Å². The average Bonchev–Trinajstić information content (AvgIpc) is 3.30. The van der Waals surface area contributed by atoms with Crippen molar-refractivity contribution in [2.45, 2.75) is 56.9 Å². The van der Waals surface area contributed by atoms with Crippen LogP contribution in [0, 0.1) is 11.8 Å². The van der Waals surface area contributed by atoms with Crippen molar-refractivity contribution >= 4 is 17.8 Å². The molecule has 0 unspecified atom stereocenters. The van der Waals surface area contributed by atoms with E-state index in [4.69, 9.17) is 4.74 Å². The Labute approximate surface area is 202 Å². The summed E-state index contributed by atoms with van der Waals surface area (Å²) in [6, 6.07) is 9.72. The third-order valence-corrected chi connectivity index (χ3v) is 6.28. The zero-order valence-electron chi connectivity index (χ0n) is 20.0. The maximum absolute atomic E-state index is 12.6. The lowest BCUT2D eigenvalue weighted by molar-refractivity contribution is -0.148. The number of amides is 2. The summed E-state index contributed by atoms with van der Waals surface area (Å²) < 4.78 is 5.39. The minimum absolute atomic E-state index is 0.0118. The van der Waals surface area contributed by atoms with Crippen LogP contribution in [-0.2, 0) is 25.5 Å². The predicted octanol–water partition coefficient (Wildman–Crippen LogP) is 3.08. The largest absolute Gasteiger partial charge is 0.464 e. The van der Waals surface area contributed by atoms with E-state index >= 15 is 0 Å². The molecule has 0 spiro atoms. The second-order valence-corrected chi connectivity index (χ2v) is 8.99. The van der Waals surface area contributed by atoms with Gasteiger partial charge < -0.3 is 20.5 Å². The highest BCUT2D eigenvalue weighted by molar-refractivity contribution is 5.86. The van der Waals surface area contributed by atoms with Gasteiger partial charge in [0.15, 0.2) is 0 Å². The monoisotopic (exact) mass is 470 g/mol. The molecular formula is C27H38N2O5. The lowest BCUT2D eigenvalue weighted by atomic mass is 9.95. The molecule has 2 rings (SSSR count). The molecule has 1 aromatic rings. The van der Waals surface area contributed by atoms with Crippen molar-refractivity contribution in [2.24, 2.45) is 11.8 Å². The van der Waals surface area contributed by atoms with Crippen LogP contribution in [0.3, 0.4) is 0 Å². The lowest BCUT2D eigenvalue weighted by Crippen LogP contribution is -2.50. The van der Waals surface area contributed by atoms with Gasteiger partial charge in [-0.1, -0.05) is 55.3 Å². The van der Waals surface area contributed by atoms with Gasteiger partial charge in [0.2, 0.25) is 11.8 Å². The molecular weight excluding hydrogens is 432 g/mol. The van der Waals surface area contributed by atoms with Gasteiger partial charge in [-0.3, -0.25) is 14.4 Å². The predicted molar refractivity (Wildman–Crippen MR) is 132 cm³/mol. The third kappa shape index (κ3) is 8.78. The molecule has 2 atom stereocenters. The van der Waals surface area contributed by atoms with Crippen LogP contribution in [0.5, 0.6) is 0 Å². The van der Waals surface area contributed by atoms with Crippen LogP contribution in [-0.4, -0.2) is 48.2 Å². The van der Waals surface area contributed by atoms with Crippen LogP contribution in [0.2, 0.25) is 0 Å². The molecule has 1 aliphatic rings. The molecule has 0 radical (unpaired) electrons. The molecule has 0 saturated heterocycles. The first kappa shape index (κ1) is 27.3. The van der Waals surface area contributed by atoms with Gasteiger partial charge in [-0.25, -0.2) is 0 Å². The Morgan fingerprint density at radius 2 is 1.71 bits per heavy atom. The molecule has 0 aromatic heterocycles. The minimum atomic E-state index is -0.572. The van der Waals surface area contributed by atoms with E-state index < -0.39 is 11.5 Å². The molecule has 0 bridgehead atoms. The number of esters is 1. The van der Waals surface area contributed by atoms with Gasteiger partial charge in [0, 0.05) is 6.42 Å².